The van der Waals surface area contributed by atoms with Crippen LogP contribution in [0, 0.1) is 0 Å². The van der Waals surface area contributed by atoms with Crippen LogP contribution in [0.5, 0.6) is 0 Å². The van der Waals surface area contributed by atoms with E-state index in [1.54, 1.807) is 0 Å². The summed E-state index contributed by atoms with van der Waals surface area (Å²) in [6.07, 6.45) is 80.4. The smallest absolute Gasteiger partial charge is 0.306 e. The molecule has 376 valence electrons. The molecule has 1 N–H and O–H groups in total. The zero-order chi connectivity index (χ0) is 47.7. The Morgan fingerprint density at radius 1 is 0.364 bits per heavy atom. The van der Waals surface area contributed by atoms with Crippen molar-refractivity contribution in [1.29, 1.82) is 0 Å². The van der Waals surface area contributed by atoms with E-state index in [-0.39, 0.29) is 25.2 Å². The maximum Gasteiger partial charge on any atom is 0.306 e. The highest BCUT2D eigenvalue weighted by Crippen LogP contribution is 2.15. The molecule has 0 aliphatic rings. The minimum Gasteiger partial charge on any atom is -0.462 e. The molecule has 0 saturated heterocycles. The van der Waals surface area contributed by atoms with Crippen molar-refractivity contribution in [2.24, 2.45) is 0 Å². The van der Waals surface area contributed by atoms with Crippen molar-refractivity contribution in [3.8, 4) is 0 Å². The average molecular weight is 915 g/mol. The van der Waals surface area contributed by atoms with E-state index in [4.69, 9.17) is 9.47 Å². The summed E-state index contributed by atoms with van der Waals surface area (Å²) < 4.78 is 10.7. The highest BCUT2D eigenvalue weighted by molar-refractivity contribution is 5.70. The van der Waals surface area contributed by atoms with Gasteiger partial charge in [-0.05, 0) is 103 Å². The molecule has 1 unspecified atom stereocenters. The average Bonchev–Trinajstić information content (AvgIpc) is 3.32. The number of rotatable bonds is 49. The summed E-state index contributed by atoms with van der Waals surface area (Å²) in [4.78, 5) is 24.5. The zero-order valence-electron chi connectivity index (χ0n) is 42.9. The van der Waals surface area contributed by atoms with Crippen LogP contribution in [0.3, 0.4) is 0 Å². The van der Waals surface area contributed by atoms with Gasteiger partial charge >= 0.3 is 11.9 Å². The van der Waals surface area contributed by atoms with Crippen molar-refractivity contribution in [1.82, 2.24) is 0 Å². The van der Waals surface area contributed by atoms with Crippen molar-refractivity contribution >= 4 is 11.9 Å². The molecule has 0 aliphatic heterocycles. The Labute approximate surface area is 408 Å². The van der Waals surface area contributed by atoms with Crippen LogP contribution in [0.2, 0.25) is 0 Å². The largest absolute Gasteiger partial charge is 0.462 e. The molecule has 0 fully saturated rings. The first-order chi connectivity index (χ1) is 32.6. The van der Waals surface area contributed by atoms with E-state index < -0.39 is 6.10 Å². The lowest BCUT2D eigenvalue weighted by Gasteiger charge is -2.15. The minimum absolute atomic E-state index is 0.0799. The van der Waals surface area contributed by atoms with Gasteiger partial charge in [0.1, 0.15) is 6.61 Å². The molecular weight excluding hydrogens is 813 g/mol. The Kier molecular flexibility index (Phi) is 53.0. The number of carbonyl (C=O) groups is 2. The summed E-state index contributed by atoms with van der Waals surface area (Å²) in [6, 6.07) is 0. The van der Waals surface area contributed by atoms with E-state index in [2.05, 4.69) is 123 Å². The standard InChI is InChI=1S/C61H102O5/c1-3-5-7-9-11-13-15-17-19-21-23-25-27-29-30-32-34-36-38-40-42-44-46-48-50-52-54-56-61(64)66-59(57-62)58-65-60(63)55-53-51-49-47-45-43-41-39-37-35-33-31-28-26-24-22-20-18-16-14-12-10-8-6-4-2/h5,7,11,13,16-19,22-25,29-30,34,36,40,42,59,62H,3-4,6,8-10,12,14-15,20-21,26-28,31-33,35,37-39,41,43-58H2,1-2H3/b7-5-,13-11-,18-16-,19-17-,24-22-,25-23-,30-29-,36-34-,42-40-. The van der Waals surface area contributed by atoms with E-state index in [0.717, 1.165) is 109 Å². The molecule has 0 aliphatic carbocycles. The fourth-order valence-corrected chi connectivity index (χ4v) is 7.45. The quantitative estimate of drug-likeness (QED) is 0.0374. The third-order valence-corrected chi connectivity index (χ3v) is 11.6. The van der Waals surface area contributed by atoms with Crippen LogP contribution in [0.4, 0.5) is 0 Å². The van der Waals surface area contributed by atoms with E-state index >= 15 is 0 Å². The fraction of sp³-hybridized carbons (Fsp3) is 0.672. The van der Waals surface area contributed by atoms with Crippen molar-refractivity contribution in [3.05, 3.63) is 109 Å². The van der Waals surface area contributed by atoms with E-state index in [9.17, 15) is 14.7 Å². The van der Waals surface area contributed by atoms with Crippen LogP contribution in [0.15, 0.2) is 109 Å². The lowest BCUT2D eigenvalue weighted by atomic mass is 10.0. The van der Waals surface area contributed by atoms with Crippen LogP contribution < -0.4 is 0 Å². The molecule has 0 rings (SSSR count). The number of aliphatic hydroxyl groups excluding tert-OH is 1. The maximum atomic E-state index is 12.3. The van der Waals surface area contributed by atoms with Crippen LogP contribution in [-0.4, -0.2) is 36.4 Å². The number of allylic oxidation sites excluding steroid dienone is 18. The Hall–Kier alpha value is -3.44. The molecule has 5 heteroatoms. The van der Waals surface area contributed by atoms with E-state index in [0.29, 0.717) is 12.8 Å². The van der Waals surface area contributed by atoms with E-state index in [1.165, 1.54) is 109 Å². The first-order valence-corrected chi connectivity index (χ1v) is 27.4. The second-order valence-corrected chi connectivity index (χ2v) is 17.9. The van der Waals surface area contributed by atoms with Crippen LogP contribution in [-0.2, 0) is 19.1 Å². The number of unbranched alkanes of at least 4 members (excludes halogenated alkanes) is 23. The molecule has 66 heavy (non-hydrogen) atoms. The summed E-state index contributed by atoms with van der Waals surface area (Å²) in [6.45, 7) is 4.01. The Bertz CT molecular complexity index is 1310. The molecule has 0 heterocycles. The molecule has 0 radical (unpaired) electrons. The lowest BCUT2D eigenvalue weighted by molar-refractivity contribution is -0.161. The number of aliphatic hydroxyl groups is 1. The number of ether oxygens (including phenoxy) is 2. The molecule has 0 spiro atoms. The number of hydrogen-bond acceptors (Lipinski definition) is 5. The fourth-order valence-electron chi connectivity index (χ4n) is 7.45. The van der Waals surface area contributed by atoms with Crippen molar-refractivity contribution < 1.29 is 24.2 Å². The van der Waals surface area contributed by atoms with Crippen molar-refractivity contribution in [2.45, 2.75) is 251 Å². The minimum atomic E-state index is -0.791. The van der Waals surface area contributed by atoms with Gasteiger partial charge in [-0.3, -0.25) is 9.59 Å². The Morgan fingerprint density at radius 2 is 0.652 bits per heavy atom. The second kappa shape index (κ2) is 55.9. The van der Waals surface area contributed by atoms with Gasteiger partial charge in [-0.25, -0.2) is 0 Å². The molecule has 0 bridgehead atoms. The maximum absolute atomic E-state index is 12.3. The summed E-state index contributed by atoms with van der Waals surface area (Å²) in [5.74, 6) is -0.616. The third kappa shape index (κ3) is 53.2. The topological polar surface area (TPSA) is 72.8 Å². The predicted molar refractivity (Wildman–Crippen MR) is 288 cm³/mol. The van der Waals surface area contributed by atoms with Gasteiger partial charge in [-0.2, -0.15) is 0 Å². The molecule has 0 aromatic rings. The van der Waals surface area contributed by atoms with Gasteiger partial charge in [0.05, 0.1) is 6.61 Å². The zero-order valence-corrected chi connectivity index (χ0v) is 42.9. The normalized spacial score (nSPS) is 13.1. The summed E-state index contributed by atoms with van der Waals surface area (Å²) in [5.41, 5.74) is 0. The molecular formula is C61H102O5. The molecule has 1 atom stereocenters. The van der Waals surface area contributed by atoms with Gasteiger partial charge in [-0.1, -0.05) is 239 Å². The van der Waals surface area contributed by atoms with Gasteiger partial charge in [0.25, 0.3) is 0 Å². The van der Waals surface area contributed by atoms with Gasteiger partial charge in [-0.15, -0.1) is 0 Å². The molecule has 0 aromatic heterocycles. The number of carbonyl (C=O) groups excluding carboxylic acids is 2. The molecule has 5 nitrogen and oxygen atoms in total. The summed E-state index contributed by atoms with van der Waals surface area (Å²) >= 11 is 0. The van der Waals surface area contributed by atoms with Gasteiger partial charge in [0.15, 0.2) is 6.10 Å². The van der Waals surface area contributed by atoms with Gasteiger partial charge in [0, 0.05) is 12.8 Å². The summed E-state index contributed by atoms with van der Waals surface area (Å²) in [7, 11) is 0. The molecule has 0 saturated carbocycles. The Balaban J connectivity index is 3.58. The van der Waals surface area contributed by atoms with Gasteiger partial charge < -0.3 is 14.6 Å². The highest BCUT2D eigenvalue weighted by atomic mass is 16.6. The van der Waals surface area contributed by atoms with Crippen LogP contribution in [0.1, 0.15) is 245 Å². The lowest BCUT2D eigenvalue weighted by Crippen LogP contribution is -2.28. The van der Waals surface area contributed by atoms with Crippen molar-refractivity contribution in [3.63, 3.8) is 0 Å². The predicted octanol–water partition coefficient (Wildman–Crippen LogP) is 18.5. The molecule has 0 amide bonds. The van der Waals surface area contributed by atoms with Gasteiger partial charge in [0.2, 0.25) is 0 Å². The third-order valence-electron chi connectivity index (χ3n) is 11.6. The number of hydrogen-bond donors (Lipinski definition) is 1. The molecule has 0 aromatic carbocycles. The first kappa shape index (κ1) is 62.6. The SMILES string of the molecule is CC/C=C\C/C=C\C/C=C\C/C=C\C/C=C\C/C=C\C/C=C\CCCCCCCC(=O)OC(CO)COC(=O)CCCCCCCCCCCCCCC/C=C\C/C=C\CCCCCCC. The number of esters is 2. The van der Waals surface area contributed by atoms with Crippen molar-refractivity contribution in [2.75, 3.05) is 13.2 Å². The summed E-state index contributed by atoms with van der Waals surface area (Å²) in [5, 5.41) is 9.65. The Morgan fingerprint density at radius 3 is 0.985 bits per heavy atom. The second-order valence-electron chi connectivity index (χ2n) is 17.9. The highest BCUT2D eigenvalue weighted by Gasteiger charge is 2.16. The van der Waals surface area contributed by atoms with E-state index in [1.807, 2.05) is 0 Å². The van der Waals surface area contributed by atoms with Crippen LogP contribution in [0.25, 0.3) is 0 Å². The first-order valence-electron chi connectivity index (χ1n) is 27.4. The monoisotopic (exact) mass is 915 g/mol. The van der Waals surface area contributed by atoms with Crippen LogP contribution >= 0.6 is 0 Å².